The standard InChI is InChI=1S/C16H33N3O/c1-6-9-17-15-8-10-19(11-14(15)7-2)12-16(20)18(5)13(3)4/h13-15,17H,6-12H2,1-5H3. The number of carbonyl (C=O) groups is 1. The SMILES string of the molecule is CCCNC1CCN(CC(=O)N(C)C(C)C)CC1CC. The van der Waals surface area contributed by atoms with E-state index in [-0.39, 0.29) is 11.9 Å². The molecular weight excluding hydrogens is 250 g/mol. The predicted octanol–water partition coefficient (Wildman–Crippen LogP) is 1.95. The maximum atomic E-state index is 12.2. The van der Waals surface area contributed by atoms with E-state index in [1.807, 2.05) is 11.9 Å². The van der Waals surface area contributed by atoms with E-state index in [1.165, 1.54) is 12.8 Å². The average Bonchev–Trinajstić information content (AvgIpc) is 2.44. The first-order chi connectivity index (χ1) is 9.49. The maximum Gasteiger partial charge on any atom is 0.236 e. The van der Waals surface area contributed by atoms with E-state index in [0.717, 1.165) is 26.1 Å². The lowest BCUT2D eigenvalue weighted by atomic mass is 9.89. The molecule has 1 N–H and O–H groups in total. The molecule has 2 unspecified atom stereocenters. The van der Waals surface area contributed by atoms with Crippen molar-refractivity contribution in [2.24, 2.45) is 5.92 Å². The van der Waals surface area contributed by atoms with E-state index in [9.17, 15) is 4.79 Å². The molecule has 1 aliphatic rings. The Labute approximate surface area is 124 Å². The summed E-state index contributed by atoms with van der Waals surface area (Å²) in [6.07, 6.45) is 3.54. The van der Waals surface area contributed by atoms with Gasteiger partial charge in [0, 0.05) is 32.2 Å². The summed E-state index contributed by atoms with van der Waals surface area (Å²) >= 11 is 0. The molecule has 1 rings (SSSR count). The second kappa shape index (κ2) is 8.63. The Bertz CT molecular complexity index is 293. The van der Waals surface area contributed by atoms with E-state index < -0.39 is 0 Å². The molecule has 0 aromatic heterocycles. The molecule has 0 aliphatic carbocycles. The Morgan fingerprint density at radius 3 is 2.65 bits per heavy atom. The van der Waals surface area contributed by atoms with E-state index >= 15 is 0 Å². The van der Waals surface area contributed by atoms with Crippen LogP contribution in [0.5, 0.6) is 0 Å². The van der Waals surface area contributed by atoms with Crippen molar-refractivity contribution in [1.29, 1.82) is 0 Å². The first-order valence-corrected chi connectivity index (χ1v) is 8.20. The molecule has 118 valence electrons. The van der Waals surface area contributed by atoms with Crippen LogP contribution >= 0.6 is 0 Å². The summed E-state index contributed by atoms with van der Waals surface area (Å²) in [6, 6.07) is 0.919. The molecule has 0 bridgehead atoms. The van der Waals surface area contributed by atoms with Crippen LogP contribution in [0.3, 0.4) is 0 Å². The highest BCUT2D eigenvalue weighted by Crippen LogP contribution is 2.20. The minimum absolute atomic E-state index is 0.245. The largest absolute Gasteiger partial charge is 0.342 e. The third kappa shape index (κ3) is 5.06. The molecule has 1 amide bonds. The van der Waals surface area contributed by atoms with Gasteiger partial charge >= 0.3 is 0 Å². The molecule has 1 saturated heterocycles. The summed E-state index contributed by atoms with van der Waals surface area (Å²) in [5.74, 6) is 0.919. The van der Waals surface area contributed by atoms with Crippen molar-refractivity contribution in [2.45, 2.75) is 59.0 Å². The van der Waals surface area contributed by atoms with Crippen LogP contribution in [0.25, 0.3) is 0 Å². The van der Waals surface area contributed by atoms with Crippen molar-refractivity contribution in [3.63, 3.8) is 0 Å². The van der Waals surface area contributed by atoms with Crippen molar-refractivity contribution in [3.8, 4) is 0 Å². The van der Waals surface area contributed by atoms with E-state index in [1.54, 1.807) is 0 Å². The summed E-state index contributed by atoms with van der Waals surface area (Å²) in [5.41, 5.74) is 0. The number of piperidine rings is 1. The summed E-state index contributed by atoms with van der Waals surface area (Å²) in [7, 11) is 1.90. The van der Waals surface area contributed by atoms with Gasteiger partial charge in [-0.2, -0.15) is 0 Å². The van der Waals surface area contributed by atoms with Gasteiger partial charge in [-0.1, -0.05) is 20.3 Å². The van der Waals surface area contributed by atoms with Gasteiger partial charge in [-0.25, -0.2) is 0 Å². The van der Waals surface area contributed by atoms with Gasteiger partial charge in [-0.15, -0.1) is 0 Å². The van der Waals surface area contributed by atoms with Crippen molar-refractivity contribution < 1.29 is 4.79 Å². The van der Waals surface area contributed by atoms with E-state index in [2.05, 4.69) is 37.9 Å². The minimum Gasteiger partial charge on any atom is -0.342 e. The van der Waals surface area contributed by atoms with Gasteiger partial charge in [0.05, 0.1) is 6.54 Å². The normalized spacial score (nSPS) is 24.1. The topological polar surface area (TPSA) is 35.6 Å². The number of amides is 1. The second-order valence-electron chi connectivity index (χ2n) is 6.35. The summed E-state index contributed by atoms with van der Waals surface area (Å²) in [5, 5.41) is 3.67. The van der Waals surface area contributed by atoms with Crippen LogP contribution in [-0.2, 0) is 4.79 Å². The van der Waals surface area contributed by atoms with Crippen LogP contribution in [0.4, 0.5) is 0 Å². The van der Waals surface area contributed by atoms with Crippen molar-refractivity contribution in [2.75, 3.05) is 33.2 Å². The zero-order valence-electron chi connectivity index (χ0n) is 14.0. The summed E-state index contributed by atoms with van der Waals surface area (Å²) in [4.78, 5) is 16.4. The Hall–Kier alpha value is -0.610. The molecule has 2 atom stereocenters. The Balaban J connectivity index is 2.46. The van der Waals surface area contributed by atoms with Crippen LogP contribution in [-0.4, -0.2) is 61.0 Å². The van der Waals surface area contributed by atoms with Crippen molar-refractivity contribution in [1.82, 2.24) is 15.1 Å². The molecule has 4 heteroatoms. The minimum atomic E-state index is 0.245. The fraction of sp³-hybridized carbons (Fsp3) is 0.938. The van der Waals surface area contributed by atoms with Gasteiger partial charge in [0.25, 0.3) is 0 Å². The highest BCUT2D eigenvalue weighted by atomic mass is 16.2. The average molecular weight is 283 g/mol. The molecule has 0 aromatic carbocycles. The van der Waals surface area contributed by atoms with Crippen LogP contribution in [0.1, 0.15) is 47.0 Å². The molecule has 1 aliphatic heterocycles. The molecule has 0 spiro atoms. The highest BCUT2D eigenvalue weighted by molar-refractivity contribution is 5.78. The zero-order chi connectivity index (χ0) is 15.1. The van der Waals surface area contributed by atoms with Crippen LogP contribution in [0, 0.1) is 5.92 Å². The summed E-state index contributed by atoms with van der Waals surface area (Å²) < 4.78 is 0. The number of nitrogens with one attached hydrogen (secondary N) is 1. The van der Waals surface area contributed by atoms with E-state index in [4.69, 9.17) is 0 Å². The number of rotatable bonds is 7. The van der Waals surface area contributed by atoms with Crippen molar-refractivity contribution >= 4 is 5.91 Å². The smallest absolute Gasteiger partial charge is 0.236 e. The predicted molar refractivity (Wildman–Crippen MR) is 84.8 cm³/mol. The molecule has 1 fully saturated rings. The fourth-order valence-corrected chi connectivity index (χ4v) is 2.85. The lowest BCUT2D eigenvalue weighted by Crippen LogP contribution is -2.52. The fourth-order valence-electron chi connectivity index (χ4n) is 2.85. The third-order valence-corrected chi connectivity index (χ3v) is 4.53. The number of likely N-dealkylation sites (tertiary alicyclic amines) is 1. The summed E-state index contributed by atoms with van der Waals surface area (Å²) in [6.45, 7) is 12.4. The quantitative estimate of drug-likeness (QED) is 0.776. The molecule has 20 heavy (non-hydrogen) atoms. The molecule has 0 aromatic rings. The Morgan fingerprint density at radius 1 is 1.40 bits per heavy atom. The number of likely N-dealkylation sites (N-methyl/N-ethyl adjacent to an activating group) is 1. The van der Waals surface area contributed by atoms with Crippen LogP contribution in [0.2, 0.25) is 0 Å². The third-order valence-electron chi connectivity index (χ3n) is 4.53. The first kappa shape index (κ1) is 17.4. The lowest BCUT2D eigenvalue weighted by molar-refractivity contribution is -0.133. The Kier molecular flexibility index (Phi) is 7.52. The van der Waals surface area contributed by atoms with Gasteiger partial charge in [0.1, 0.15) is 0 Å². The molecule has 1 heterocycles. The monoisotopic (exact) mass is 283 g/mol. The van der Waals surface area contributed by atoms with Crippen LogP contribution < -0.4 is 5.32 Å². The molecule has 0 saturated carbocycles. The Morgan fingerprint density at radius 2 is 2.10 bits per heavy atom. The van der Waals surface area contributed by atoms with Crippen molar-refractivity contribution in [3.05, 3.63) is 0 Å². The number of nitrogens with zero attached hydrogens (tertiary/aromatic N) is 2. The molecular formula is C16H33N3O. The highest BCUT2D eigenvalue weighted by Gasteiger charge is 2.29. The number of hydrogen-bond acceptors (Lipinski definition) is 3. The maximum absolute atomic E-state index is 12.2. The van der Waals surface area contributed by atoms with Gasteiger partial charge in [0.2, 0.25) is 5.91 Å². The van der Waals surface area contributed by atoms with E-state index in [0.29, 0.717) is 18.5 Å². The first-order valence-electron chi connectivity index (χ1n) is 8.20. The second-order valence-corrected chi connectivity index (χ2v) is 6.35. The van der Waals surface area contributed by atoms with Gasteiger partial charge in [-0.3, -0.25) is 9.69 Å². The number of hydrogen-bond donors (Lipinski definition) is 1. The molecule has 4 nitrogen and oxygen atoms in total. The lowest BCUT2D eigenvalue weighted by Gasteiger charge is -2.39. The van der Waals surface area contributed by atoms with Gasteiger partial charge < -0.3 is 10.2 Å². The number of carbonyl (C=O) groups excluding carboxylic acids is 1. The van der Waals surface area contributed by atoms with Gasteiger partial charge in [0.15, 0.2) is 0 Å². The molecule has 0 radical (unpaired) electrons. The van der Waals surface area contributed by atoms with Crippen LogP contribution in [0.15, 0.2) is 0 Å². The zero-order valence-corrected chi connectivity index (χ0v) is 14.0. The van der Waals surface area contributed by atoms with Gasteiger partial charge in [-0.05, 0) is 39.2 Å².